The summed E-state index contributed by atoms with van der Waals surface area (Å²) in [6.07, 6.45) is 19.1. The SMILES string of the molecule is C.C.CCC.CCS(=O)(=O)c1ccc(CNc2nc3cnc(-c4c(C)ncnc4C4CC4)nc3n([C@@H](C)C3CC3)c2=O)cn1.CCS(=O)(=O)c1ccc(CNc2nc3cnc(Cl)nc3n([C@@H](C)C3CC3)c2=O)cn1.Cc1ncnc(C2CC2)c1B(O)O. The lowest BCUT2D eigenvalue weighted by atomic mass is 9.77. The second-order valence-corrected chi connectivity index (χ2v) is 26.6. The Bertz CT molecular complexity index is 4070. The highest BCUT2D eigenvalue weighted by atomic mass is 35.5. The van der Waals surface area contributed by atoms with Crippen LogP contribution in [0.2, 0.25) is 5.28 Å². The van der Waals surface area contributed by atoms with Gasteiger partial charge in [0.25, 0.3) is 11.1 Å². The number of pyridine rings is 2. The van der Waals surface area contributed by atoms with Crippen LogP contribution in [-0.2, 0) is 32.8 Å². The van der Waals surface area contributed by atoms with Crippen molar-refractivity contribution in [3.63, 3.8) is 0 Å². The third-order valence-corrected chi connectivity index (χ3v) is 18.6. The van der Waals surface area contributed by atoms with E-state index in [0.717, 1.165) is 85.1 Å². The normalized spacial score (nSPS) is 15.2. The lowest BCUT2D eigenvalue weighted by molar-refractivity contribution is 0.424. The maximum atomic E-state index is 13.8. The third kappa shape index (κ3) is 15.9. The zero-order valence-electron chi connectivity index (χ0n) is 48.8. The van der Waals surface area contributed by atoms with Gasteiger partial charge in [0.2, 0.25) is 5.28 Å². The second kappa shape index (κ2) is 28.7. The molecular weight excluding hydrogens is 1170 g/mol. The van der Waals surface area contributed by atoms with E-state index >= 15 is 0 Å². The number of halogens is 1. The van der Waals surface area contributed by atoms with Gasteiger partial charge in [-0.2, -0.15) is 4.98 Å². The molecule has 4 N–H and O–H groups in total. The standard InChI is InChI=1S/C27H30N8O3S.C19H21ClN6O3S.C8H11BN2O2.C3H8.2CH4/c1-4-39(37,38)21-10-5-17(11-28-21)12-29-25-27(36)35(16(3)18-6-7-18)26-20(33-25)13-30-24(34-26)22-15(2)31-14-32-23(22)19-8-9-19;1-3-30(28,29)15-7-4-12(8-21-15)9-22-16-18(27)26(11(2)13-5-6-13)17-14(24-16)10-23-19(20)25-17;1-5-7(9(12)13)8(6-2-3-6)11-4-10-5;1-3-2;;/h5,10-11,13-14,16,18-19H,4,6-9,12H2,1-3H3,(H,29,33);4,7-8,10-11,13H,3,5-6,9H2,1-2H3,(H,22,24);4,6,12-13H,2-3H2,1H3;3H2,1-2H3;2*1H4/t16-;11-;;;;/m00..../s1. The van der Waals surface area contributed by atoms with Gasteiger partial charge in [-0.3, -0.25) is 18.7 Å². The fraction of sp³-hybridized carbons (Fsp3) is 0.492. The highest BCUT2D eigenvalue weighted by molar-refractivity contribution is 7.91. The summed E-state index contributed by atoms with van der Waals surface area (Å²) in [5.74, 6) is 2.48. The van der Waals surface area contributed by atoms with Gasteiger partial charge >= 0.3 is 7.12 Å². The van der Waals surface area contributed by atoms with Crippen LogP contribution < -0.4 is 27.2 Å². The Hall–Kier alpha value is -7.33. The summed E-state index contributed by atoms with van der Waals surface area (Å²) in [4.78, 5) is 78.7. The number of fused-ring (bicyclic) bond motifs is 2. The molecule has 0 radical (unpaired) electrons. The highest BCUT2D eigenvalue weighted by Crippen LogP contribution is 2.44. The van der Waals surface area contributed by atoms with Crippen LogP contribution in [0.15, 0.2) is 81.3 Å². The number of hydrogen-bond donors (Lipinski definition) is 4. The summed E-state index contributed by atoms with van der Waals surface area (Å²) in [7, 11) is -8.18. The molecule has 0 spiro atoms. The van der Waals surface area contributed by atoms with Gasteiger partial charge in [0, 0.05) is 66.3 Å². The zero-order valence-corrected chi connectivity index (χ0v) is 51.2. The smallest absolute Gasteiger partial charge is 0.423 e. The molecule has 8 aromatic heterocycles. The van der Waals surface area contributed by atoms with Crippen LogP contribution in [0.1, 0.15) is 172 Å². The predicted octanol–water partition coefficient (Wildman–Crippen LogP) is 8.24. The van der Waals surface area contributed by atoms with E-state index in [2.05, 4.69) is 79.3 Å². The van der Waals surface area contributed by atoms with Crippen molar-refractivity contribution < 1.29 is 26.9 Å². The number of anilines is 2. The largest absolute Gasteiger partial charge is 0.492 e. The topological polar surface area (TPSA) is 331 Å². The van der Waals surface area contributed by atoms with Crippen molar-refractivity contribution in [2.24, 2.45) is 11.8 Å². The summed E-state index contributed by atoms with van der Waals surface area (Å²) in [5, 5.41) is 24.6. The number of sulfone groups is 2. The minimum Gasteiger partial charge on any atom is -0.423 e. The molecule has 0 aliphatic heterocycles. The van der Waals surface area contributed by atoms with Crippen molar-refractivity contribution in [3.05, 3.63) is 122 Å². The fourth-order valence-electron chi connectivity index (χ4n) is 9.67. The Morgan fingerprint density at radius 3 is 1.45 bits per heavy atom. The average Bonchev–Trinajstić information content (AvgIpc) is 1.64. The molecule has 2 atom stereocenters. The average molecular weight is 1250 g/mol. The first-order valence-corrected chi connectivity index (χ1v) is 32.4. The van der Waals surface area contributed by atoms with E-state index in [0.29, 0.717) is 63.0 Å². The van der Waals surface area contributed by atoms with Crippen LogP contribution in [0.3, 0.4) is 0 Å². The van der Waals surface area contributed by atoms with Gasteiger partial charge < -0.3 is 20.7 Å². The summed E-state index contributed by atoms with van der Waals surface area (Å²) >= 11 is 5.95. The van der Waals surface area contributed by atoms with Gasteiger partial charge in [-0.1, -0.05) is 61.1 Å². The summed E-state index contributed by atoms with van der Waals surface area (Å²) < 4.78 is 51.3. The van der Waals surface area contributed by atoms with E-state index in [1.54, 1.807) is 54.6 Å². The van der Waals surface area contributed by atoms with Crippen molar-refractivity contribution >= 4 is 77.8 Å². The molecule has 28 heteroatoms. The maximum Gasteiger partial charge on any atom is 0.492 e. The Balaban J connectivity index is 0.000000199. The molecule has 0 amide bonds. The second-order valence-electron chi connectivity index (χ2n) is 21.8. The molecular formula is C59H78BClN16O8S2. The maximum absolute atomic E-state index is 13.8. The Kier molecular flexibility index (Phi) is 22.1. The summed E-state index contributed by atoms with van der Waals surface area (Å²) in [6.45, 7) is 15.7. The number of rotatable bonds is 18. The minimum atomic E-state index is -3.38. The van der Waals surface area contributed by atoms with Gasteiger partial charge in [0.1, 0.15) is 23.7 Å². The van der Waals surface area contributed by atoms with E-state index in [4.69, 9.17) is 26.6 Å². The van der Waals surface area contributed by atoms with E-state index < -0.39 is 26.8 Å². The van der Waals surface area contributed by atoms with Crippen molar-refractivity contribution in [2.75, 3.05) is 22.1 Å². The van der Waals surface area contributed by atoms with Crippen molar-refractivity contribution in [3.8, 4) is 11.4 Å². The Morgan fingerprint density at radius 1 is 0.586 bits per heavy atom. The van der Waals surface area contributed by atoms with Crippen LogP contribution in [0.4, 0.5) is 11.6 Å². The first kappa shape index (κ1) is 67.2. The monoisotopic (exact) mass is 1250 g/mol. The molecule has 8 aromatic rings. The van der Waals surface area contributed by atoms with Crippen LogP contribution in [0, 0.1) is 25.7 Å². The molecule has 0 aromatic carbocycles. The predicted molar refractivity (Wildman–Crippen MR) is 337 cm³/mol. The van der Waals surface area contributed by atoms with Crippen LogP contribution in [-0.4, -0.2) is 114 Å². The summed E-state index contributed by atoms with van der Waals surface area (Å²) in [6, 6.07) is 6.21. The number of aromatic nitrogens is 14. The lowest BCUT2D eigenvalue weighted by Crippen LogP contribution is -2.36. The molecule has 4 aliphatic carbocycles. The molecule has 24 nitrogen and oxygen atoms in total. The number of nitrogens with zero attached hydrogens (tertiary/aromatic N) is 14. The van der Waals surface area contributed by atoms with E-state index in [-0.39, 0.29) is 89.6 Å². The van der Waals surface area contributed by atoms with Crippen molar-refractivity contribution in [1.29, 1.82) is 0 Å². The van der Waals surface area contributed by atoms with Crippen LogP contribution in [0.25, 0.3) is 33.7 Å². The third-order valence-electron chi connectivity index (χ3n) is 15.2. The van der Waals surface area contributed by atoms with Crippen LogP contribution >= 0.6 is 11.6 Å². The molecule has 4 fully saturated rings. The fourth-order valence-corrected chi connectivity index (χ4v) is 11.4. The first-order valence-electron chi connectivity index (χ1n) is 28.7. The first-order chi connectivity index (χ1) is 40.7. The van der Waals surface area contributed by atoms with Gasteiger partial charge in [0.05, 0.1) is 40.9 Å². The molecule has 4 saturated carbocycles. The molecule has 0 unspecified atom stereocenters. The van der Waals surface area contributed by atoms with Crippen molar-refractivity contribution in [2.45, 2.75) is 175 Å². The quantitative estimate of drug-likeness (QED) is 0.0464. The zero-order chi connectivity index (χ0) is 60.9. The molecule has 12 rings (SSSR count). The van der Waals surface area contributed by atoms with Gasteiger partial charge in [-0.15, -0.1) is 0 Å². The van der Waals surface area contributed by atoms with Gasteiger partial charge in [0.15, 0.2) is 58.5 Å². The molecule has 8 heterocycles. The minimum absolute atomic E-state index is 0. The van der Waals surface area contributed by atoms with E-state index in [1.165, 1.54) is 43.5 Å². The number of aryl methyl sites for hydroxylation is 2. The molecule has 0 saturated heterocycles. The number of nitrogens with one attached hydrogen (secondary N) is 2. The lowest BCUT2D eigenvalue weighted by Gasteiger charge is -2.19. The van der Waals surface area contributed by atoms with E-state index in [1.807, 2.05) is 20.8 Å². The highest BCUT2D eigenvalue weighted by Gasteiger charge is 2.35. The Morgan fingerprint density at radius 2 is 1.02 bits per heavy atom. The van der Waals surface area contributed by atoms with Crippen LogP contribution in [0.5, 0.6) is 0 Å². The molecule has 0 bridgehead atoms. The van der Waals surface area contributed by atoms with Gasteiger partial charge in [-0.25, -0.2) is 71.7 Å². The van der Waals surface area contributed by atoms with E-state index in [9.17, 15) is 26.4 Å². The molecule has 464 valence electrons. The van der Waals surface area contributed by atoms with Crippen molar-refractivity contribution in [1.82, 2.24) is 68.9 Å². The summed E-state index contributed by atoms with van der Waals surface area (Å²) in [5.41, 5.74) is 7.38. The Labute approximate surface area is 513 Å². The van der Waals surface area contributed by atoms with Gasteiger partial charge in [-0.05, 0) is 126 Å². The number of hydrogen-bond acceptors (Lipinski definition) is 22. The molecule has 4 aliphatic rings. The molecule has 87 heavy (non-hydrogen) atoms.